The molecule has 0 radical (unpaired) electrons. The van der Waals surface area contributed by atoms with Crippen LogP contribution in [0.15, 0.2) is 0 Å². The van der Waals surface area contributed by atoms with Crippen molar-refractivity contribution in [3.05, 3.63) is 0 Å². The molecule has 2 unspecified atom stereocenters. The quantitative estimate of drug-likeness (QED) is 0.689. The van der Waals surface area contributed by atoms with Gasteiger partial charge in [0.15, 0.2) is 0 Å². The van der Waals surface area contributed by atoms with E-state index in [0.717, 1.165) is 0 Å². The number of alkyl halides is 6. The van der Waals surface area contributed by atoms with Gasteiger partial charge in [0.05, 0.1) is 11.8 Å². The zero-order valence-electron chi connectivity index (χ0n) is 9.24. The fraction of sp³-hybridized carbons (Fsp3) is 1.00. The number of hydrogen-bond acceptors (Lipinski definition) is 1. The SMILES string of the molecule is COCC1CC(C(F)(F)F)CC(C(F)(F)F)C1. The summed E-state index contributed by atoms with van der Waals surface area (Å²) in [5.74, 6) is -4.42. The maximum absolute atomic E-state index is 12.5. The second kappa shape index (κ2) is 5.04. The molecule has 0 spiro atoms. The van der Waals surface area contributed by atoms with Crippen LogP contribution in [-0.4, -0.2) is 26.1 Å². The molecule has 0 amide bonds. The smallest absolute Gasteiger partial charge is 0.384 e. The Kier molecular flexibility index (Phi) is 4.33. The lowest BCUT2D eigenvalue weighted by molar-refractivity contribution is -0.230. The van der Waals surface area contributed by atoms with Gasteiger partial charge in [0.1, 0.15) is 0 Å². The minimum atomic E-state index is -4.56. The first-order valence-electron chi connectivity index (χ1n) is 5.27. The Morgan fingerprint density at radius 3 is 1.59 bits per heavy atom. The molecule has 17 heavy (non-hydrogen) atoms. The number of hydrogen-bond donors (Lipinski definition) is 0. The van der Waals surface area contributed by atoms with Gasteiger partial charge in [-0.25, -0.2) is 0 Å². The highest BCUT2D eigenvalue weighted by Crippen LogP contribution is 2.47. The van der Waals surface area contributed by atoms with E-state index in [0.29, 0.717) is 0 Å². The fourth-order valence-electron chi connectivity index (χ4n) is 2.34. The van der Waals surface area contributed by atoms with E-state index >= 15 is 0 Å². The number of rotatable bonds is 2. The van der Waals surface area contributed by atoms with E-state index in [2.05, 4.69) is 4.74 Å². The summed E-state index contributed by atoms with van der Waals surface area (Å²) in [6, 6.07) is 0. The summed E-state index contributed by atoms with van der Waals surface area (Å²) in [6.07, 6.45) is -10.5. The normalized spacial score (nSPS) is 31.6. The molecule has 0 bridgehead atoms. The Hall–Kier alpha value is -0.460. The molecule has 1 aliphatic carbocycles. The maximum atomic E-state index is 12.5. The Morgan fingerprint density at radius 2 is 1.29 bits per heavy atom. The molecule has 7 heteroatoms. The van der Waals surface area contributed by atoms with E-state index in [1.54, 1.807) is 0 Å². The lowest BCUT2D eigenvalue weighted by atomic mass is 9.75. The van der Waals surface area contributed by atoms with Crippen LogP contribution in [0.2, 0.25) is 0 Å². The van der Waals surface area contributed by atoms with Crippen molar-refractivity contribution >= 4 is 0 Å². The molecule has 0 aromatic rings. The van der Waals surface area contributed by atoms with Gasteiger partial charge >= 0.3 is 12.4 Å². The molecule has 1 fully saturated rings. The molecular weight excluding hydrogens is 250 g/mol. The first-order chi connectivity index (χ1) is 7.64. The third-order valence-corrected chi connectivity index (χ3v) is 3.13. The van der Waals surface area contributed by atoms with E-state index in [1.165, 1.54) is 7.11 Å². The molecule has 1 nitrogen and oxygen atoms in total. The zero-order valence-corrected chi connectivity index (χ0v) is 9.24. The molecule has 0 saturated heterocycles. The molecule has 0 heterocycles. The third kappa shape index (κ3) is 4.04. The van der Waals surface area contributed by atoms with E-state index in [1.807, 2.05) is 0 Å². The molecule has 0 aromatic carbocycles. The van der Waals surface area contributed by atoms with Crippen LogP contribution in [0.3, 0.4) is 0 Å². The van der Waals surface area contributed by atoms with Gasteiger partial charge < -0.3 is 4.74 Å². The lowest BCUT2D eigenvalue weighted by Crippen LogP contribution is -2.39. The van der Waals surface area contributed by atoms with E-state index in [9.17, 15) is 26.3 Å². The standard InChI is InChI=1S/C10H14F6O/c1-17-5-6-2-7(9(11,12)13)4-8(3-6)10(14,15)16/h6-8H,2-5H2,1H3. The van der Waals surface area contributed by atoms with Gasteiger partial charge in [-0.15, -0.1) is 0 Å². The molecular formula is C10H14F6O. The van der Waals surface area contributed by atoms with Crippen molar-refractivity contribution in [2.75, 3.05) is 13.7 Å². The average molecular weight is 264 g/mol. The molecule has 1 saturated carbocycles. The number of methoxy groups -OCH3 is 1. The van der Waals surface area contributed by atoms with E-state index < -0.39 is 36.5 Å². The van der Waals surface area contributed by atoms with Gasteiger partial charge in [0.2, 0.25) is 0 Å². The topological polar surface area (TPSA) is 9.23 Å². The van der Waals surface area contributed by atoms with Crippen molar-refractivity contribution in [1.82, 2.24) is 0 Å². The molecule has 0 aromatic heterocycles. The molecule has 0 aliphatic heterocycles. The summed E-state index contributed by atoms with van der Waals surface area (Å²) in [7, 11) is 1.28. The monoisotopic (exact) mass is 264 g/mol. The fourth-order valence-corrected chi connectivity index (χ4v) is 2.34. The van der Waals surface area contributed by atoms with Gasteiger partial charge in [-0.05, 0) is 25.2 Å². The second-order valence-corrected chi connectivity index (χ2v) is 4.51. The summed E-state index contributed by atoms with van der Waals surface area (Å²) in [5.41, 5.74) is 0. The van der Waals surface area contributed by atoms with Crippen molar-refractivity contribution < 1.29 is 31.1 Å². The maximum Gasteiger partial charge on any atom is 0.391 e. The molecule has 0 N–H and O–H groups in total. The second-order valence-electron chi connectivity index (χ2n) is 4.51. The summed E-state index contributed by atoms with van der Waals surface area (Å²) < 4.78 is 79.7. The van der Waals surface area contributed by atoms with Crippen molar-refractivity contribution in [1.29, 1.82) is 0 Å². The molecule has 2 atom stereocenters. The van der Waals surface area contributed by atoms with Crippen LogP contribution in [0.25, 0.3) is 0 Å². The first kappa shape index (κ1) is 14.6. The summed E-state index contributed by atoms with van der Waals surface area (Å²) in [6.45, 7) is -0.0564. The van der Waals surface area contributed by atoms with Gasteiger partial charge in [0, 0.05) is 13.7 Å². The molecule has 1 rings (SSSR count). The Morgan fingerprint density at radius 1 is 0.882 bits per heavy atom. The van der Waals surface area contributed by atoms with E-state index in [-0.39, 0.29) is 19.4 Å². The summed E-state index contributed by atoms with van der Waals surface area (Å²) in [5, 5.41) is 0. The van der Waals surface area contributed by atoms with Crippen LogP contribution in [0.4, 0.5) is 26.3 Å². The van der Waals surface area contributed by atoms with Crippen LogP contribution in [-0.2, 0) is 4.74 Å². The Balaban J connectivity index is 2.76. The van der Waals surface area contributed by atoms with Crippen molar-refractivity contribution in [2.45, 2.75) is 31.6 Å². The third-order valence-electron chi connectivity index (χ3n) is 3.13. The number of ether oxygens (including phenoxy) is 1. The molecule has 1 aliphatic rings. The minimum absolute atomic E-state index is 0.0564. The van der Waals surface area contributed by atoms with Crippen molar-refractivity contribution in [3.8, 4) is 0 Å². The highest BCUT2D eigenvalue weighted by molar-refractivity contribution is 4.85. The van der Waals surface area contributed by atoms with Crippen molar-refractivity contribution in [2.24, 2.45) is 17.8 Å². The largest absolute Gasteiger partial charge is 0.391 e. The summed E-state index contributed by atoms with van der Waals surface area (Å²) >= 11 is 0. The minimum Gasteiger partial charge on any atom is -0.384 e. The highest BCUT2D eigenvalue weighted by Gasteiger charge is 2.51. The summed E-state index contributed by atoms with van der Waals surface area (Å²) in [4.78, 5) is 0. The van der Waals surface area contributed by atoms with Crippen LogP contribution in [0.5, 0.6) is 0 Å². The van der Waals surface area contributed by atoms with Crippen LogP contribution >= 0.6 is 0 Å². The van der Waals surface area contributed by atoms with Gasteiger partial charge in [-0.1, -0.05) is 0 Å². The predicted molar refractivity (Wildman–Crippen MR) is 48.3 cm³/mol. The number of halogens is 6. The average Bonchev–Trinajstić information content (AvgIpc) is 2.15. The first-order valence-corrected chi connectivity index (χ1v) is 5.27. The van der Waals surface area contributed by atoms with E-state index in [4.69, 9.17) is 0 Å². The van der Waals surface area contributed by atoms with Crippen LogP contribution in [0, 0.1) is 17.8 Å². The van der Waals surface area contributed by atoms with Gasteiger partial charge in [-0.2, -0.15) is 26.3 Å². The van der Waals surface area contributed by atoms with Crippen molar-refractivity contribution in [3.63, 3.8) is 0 Å². The van der Waals surface area contributed by atoms with Gasteiger partial charge in [-0.3, -0.25) is 0 Å². The highest BCUT2D eigenvalue weighted by atomic mass is 19.4. The Bertz CT molecular complexity index is 224. The lowest BCUT2D eigenvalue weighted by Gasteiger charge is -2.36. The molecule has 102 valence electrons. The van der Waals surface area contributed by atoms with Gasteiger partial charge in [0.25, 0.3) is 0 Å². The predicted octanol–water partition coefficient (Wildman–Crippen LogP) is 3.79. The zero-order chi connectivity index (χ0) is 13.3. The van der Waals surface area contributed by atoms with Crippen LogP contribution < -0.4 is 0 Å². The Labute approximate surface area is 95.1 Å². The van der Waals surface area contributed by atoms with Crippen LogP contribution in [0.1, 0.15) is 19.3 Å².